The van der Waals surface area contributed by atoms with Crippen LogP contribution in [-0.2, 0) is 6.18 Å². The summed E-state index contributed by atoms with van der Waals surface area (Å²) in [6.07, 6.45) is -1.11. The second-order valence-corrected chi connectivity index (χ2v) is 4.75. The average Bonchev–Trinajstić information content (AvgIpc) is 2.41. The van der Waals surface area contributed by atoms with Crippen molar-refractivity contribution in [3.8, 4) is 0 Å². The number of nitrogens with zero attached hydrogens (tertiary/aromatic N) is 1. The molecule has 0 fully saturated rings. The molecule has 1 aromatic heterocycles. The van der Waals surface area contributed by atoms with E-state index in [2.05, 4.69) is 10.3 Å². The molecule has 2 aromatic rings. The number of benzene rings is 1. The first-order valence-electron chi connectivity index (χ1n) is 5.91. The predicted molar refractivity (Wildman–Crippen MR) is 72.7 cm³/mol. The molecule has 0 amide bonds. The molecule has 0 radical (unpaired) electrons. The zero-order valence-corrected chi connectivity index (χ0v) is 11.3. The molecule has 0 aliphatic carbocycles. The van der Waals surface area contributed by atoms with E-state index in [1.165, 1.54) is 6.07 Å². The van der Waals surface area contributed by atoms with Gasteiger partial charge in [-0.1, -0.05) is 17.7 Å². The van der Waals surface area contributed by atoms with Crippen LogP contribution in [0.3, 0.4) is 0 Å². The molecule has 2 rings (SSSR count). The number of alkyl halides is 3. The predicted octanol–water partition coefficient (Wildman–Crippen LogP) is 4.93. The van der Waals surface area contributed by atoms with Gasteiger partial charge in [-0.3, -0.25) is 4.98 Å². The first-order chi connectivity index (χ1) is 9.38. The number of rotatable bonds is 3. The van der Waals surface area contributed by atoms with Crippen LogP contribution in [0.25, 0.3) is 0 Å². The van der Waals surface area contributed by atoms with Gasteiger partial charge < -0.3 is 5.32 Å². The molecule has 6 heteroatoms. The number of pyridine rings is 1. The van der Waals surface area contributed by atoms with E-state index in [9.17, 15) is 13.2 Å². The number of anilines is 1. The van der Waals surface area contributed by atoms with Gasteiger partial charge in [0.1, 0.15) is 0 Å². The molecule has 0 spiro atoms. The van der Waals surface area contributed by atoms with Crippen molar-refractivity contribution in [2.24, 2.45) is 0 Å². The van der Waals surface area contributed by atoms with Crippen molar-refractivity contribution >= 4 is 17.3 Å². The molecule has 0 aliphatic rings. The highest BCUT2D eigenvalue weighted by Gasteiger charge is 2.31. The van der Waals surface area contributed by atoms with E-state index in [0.717, 1.165) is 17.7 Å². The lowest BCUT2D eigenvalue weighted by Crippen LogP contribution is -2.10. The van der Waals surface area contributed by atoms with Crippen molar-refractivity contribution in [3.63, 3.8) is 0 Å². The van der Waals surface area contributed by atoms with Crippen molar-refractivity contribution in [3.05, 3.63) is 58.9 Å². The molecule has 0 saturated carbocycles. The van der Waals surface area contributed by atoms with Crippen LogP contribution in [0.2, 0.25) is 5.02 Å². The minimum absolute atomic E-state index is 0.204. The van der Waals surface area contributed by atoms with Gasteiger partial charge in [0.15, 0.2) is 0 Å². The van der Waals surface area contributed by atoms with Crippen LogP contribution in [0, 0.1) is 0 Å². The van der Waals surface area contributed by atoms with Gasteiger partial charge in [-0.15, -0.1) is 0 Å². The number of hydrogen-bond donors (Lipinski definition) is 1. The zero-order valence-electron chi connectivity index (χ0n) is 10.6. The van der Waals surface area contributed by atoms with E-state index in [1.807, 2.05) is 13.0 Å². The topological polar surface area (TPSA) is 24.9 Å². The fraction of sp³-hybridized carbons (Fsp3) is 0.214. The maximum atomic E-state index is 12.7. The molecule has 1 aromatic carbocycles. The molecule has 1 unspecified atom stereocenters. The maximum Gasteiger partial charge on any atom is 0.416 e. The zero-order chi connectivity index (χ0) is 14.8. The molecule has 20 heavy (non-hydrogen) atoms. The van der Waals surface area contributed by atoms with Gasteiger partial charge in [0, 0.05) is 12.4 Å². The van der Waals surface area contributed by atoms with Gasteiger partial charge in [-0.05, 0) is 36.8 Å². The molecular weight excluding hydrogens is 289 g/mol. The van der Waals surface area contributed by atoms with Crippen molar-refractivity contribution in [2.45, 2.75) is 19.1 Å². The van der Waals surface area contributed by atoms with Crippen LogP contribution in [0.5, 0.6) is 0 Å². The second kappa shape index (κ2) is 5.71. The van der Waals surface area contributed by atoms with Crippen LogP contribution >= 0.6 is 11.6 Å². The molecule has 2 nitrogen and oxygen atoms in total. The molecule has 1 N–H and O–H groups in total. The maximum absolute atomic E-state index is 12.7. The number of aromatic nitrogens is 1. The van der Waals surface area contributed by atoms with Crippen LogP contribution in [0.4, 0.5) is 18.9 Å². The summed E-state index contributed by atoms with van der Waals surface area (Å²) in [4.78, 5) is 3.97. The Morgan fingerprint density at radius 3 is 2.60 bits per heavy atom. The fourth-order valence-electron chi connectivity index (χ4n) is 1.76. The fourth-order valence-corrected chi connectivity index (χ4v) is 1.93. The van der Waals surface area contributed by atoms with E-state index in [0.29, 0.717) is 0 Å². The Morgan fingerprint density at radius 2 is 2.00 bits per heavy atom. The van der Waals surface area contributed by atoms with Gasteiger partial charge in [-0.2, -0.15) is 13.2 Å². The third-order valence-corrected chi connectivity index (χ3v) is 3.18. The minimum Gasteiger partial charge on any atom is -0.377 e. The molecule has 0 saturated heterocycles. The number of nitrogens with one attached hydrogen (secondary N) is 1. The number of hydrogen-bond acceptors (Lipinski definition) is 2. The lowest BCUT2D eigenvalue weighted by Gasteiger charge is -2.18. The summed E-state index contributed by atoms with van der Waals surface area (Å²) in [5.74, 6) is 0. The Hall–Kier alpha value is -1.75. The molecule has 0 bridgehead atoms. The van der Waals surface area contributed by atoms with Gasteiger partial charge in [0.2, 0.25) is 0 Å². The summed E-state index contributed by atoms with van der Waals surface area (Å²) in [6.45, 7) is 1.83. The SMILES string of the molecule is CC(Nc1cc(C(F)(F)F)ccc1Cl)c1cccnc1. The van der Waals surface area contributed by atoms with Crippen LogP contribution in [-0.4, -0.2) is 4.98 Å². The minimum atomic E-state index is -4.39. The Labute approximate surface area is 119 Å². The highest BCUT2D eigenvalue weighted by atomic mass is 35.5. The Bertz CT molecular complexity index is 585. The summed E-state index contributed by atoms with van der Waals surface area (Å²) in [5.41, 5.74) is 0.376. The molecule has 1 heterocycles. The molecule has 106 valence electrons. The second-order valence-electron chi connectivity index (χ2n) is 4.34. The van der Waals surface area contributed by atoms with Gasteiger partial charge in [0.05, 0.1) is 22.3 Å². The Morgan fingerprint density at radius 1 is 1.25 bits per heavy atom. The highest BCUT2D eigenvalue weighted by molar-refractivity contribution is 6.33. The van der Waals surface area contributed by atoms with Crippen LogP contribution < -0.4 is 5.32 Å². The normalized spacial score (nSPS) is 13.1. The summed E-state index contributed by atoms with van der Waals surface area (Å²) in [5, 5.41) is 3.21. The van der Waals surface area contributed by atoms with Gasteiger partial charge >= 0.3 is 6.18 Å². The summed E-state index contributed by atoms with van der Waals surface area (Å²) in [7, 11) is 0. The van der Waals surface area contributed by atoms with Gasteiger partial charge in [0.25, 0.3) is 0 Å². The molecule has 0 aliphatic heterocycles. The van der Waals surface area contributed by atoms with Crippen molar-refractivity contribution < 1.29 is 13.2 Å². The molecule has 1 atom stereocenters. The van der Waals surface area contributed by atoms with Gasteiger partial charge in [-0.25, -0.2) is 0 Å². The van der Waals surface area contributed by atoms with Crippen molar-refractivity contribution in [1.29, 1.82) is 0 Å². The largest absolute Gasteiger partial charge is 0.416 e. The Balaban J connectivity index is 2.25. The van der Waals surface area contributed by atoms with E-state index >= 15 is 0 Å². The quantitative estimate of drug-likeness (QED) is 0.869. The van der Waals surface area contributed by atoms with Crippen LogP contribution in [0.15, 0.2) is 42.7 Å². The molecular formula is C14H12ClF3N2. The van der Waals surface area contributed by atoms with E-state index < -0.39 is 11.7 Å². The summed E-state index contributed by atoms with van der Waals surface area (Å²) >= 11 is 5.93. The first kappa shape index (κ1) is 14.7. The van der Waals surface area contributed by atoms with Crippen LogP contribution in [0.1, 0.15) is 24.1 Å². The summed E-state index contributed by atoms with van der Waals surface area (Å²) in [6, 6.07) is 6.61. The third-order valence-electron chi connectivity index (χ3n) is 2.85. The van der Waals surface area contributed by atoms with E-state index in [-0.39, 0.29) is 16.8 Å². The van der Waals surface area contributed by atoms with E-state index in [4.69, 9.17) is 11.6 Å². The van der Waals surface area contributed by atoms with E-state index in [1.54, 1.807) is 18.5 Å². The number of halogens is 4. The first-order valence-corrected chi connectivity index (χ1v) is 6.29. The standard InChI is InChI=1S/C14H12ClF3N2/c1-9(10-3-2-6-19-8-10)20-13-7-11(14(16,17)18)4-5-12(13)15/h2-9,20H,1H3. The van der Waals surface area contributed by atoms with Crippen molar-refractivity contribution in [1.82, 2.24) is 4.98 Å². The lowest BCUT2D eigenvalue weighted by atomic mass is 10.1. The monoisotopic (exact) mass is 300 g/mol. The van der Waals surface area contributed by atoms with Crippen molar-refractivity contribution in [2.75, 3.05) is 5.32 Å². The smallest absolute Gasteiger partial charge is 0.377 e. The lowest BCUT2D eigenvalue weighted by molar-refractivity contribution is -0.137. The highest BCUT2D eigenvalue weighted by Crippen LogP contribution is 2.34. The summed E-state index contributed by atoms with van der Waals surface area (Å²) < 4.78 is 38.0. The third kappa shape index (κ3) is 3.42. The average molecular weight is 301 g/mol. The Kier molecular flexibility index (Phi) is 4.18.